The number of benzene rings is 1. The molecule has 1 amide bonds. The zero-order valence-corrected chi connectivity index (χ0v) is 14.5. The van der Waals surface area contributed by atoms with Crippen LogP contribution in [0.25, 0.3) is 0 Å². The predicted octanol–water partition coefficient (Wildman–Crippen LogP) is 3.06. The number of likely N-dealkylation sites (N-methyl/N-ethyl adjacent to an activating group) is 1. The number of aryl methyl sites for hydroxylation is 1. The lowest BCUT2D eigenvalue weighted by Crippen LogP contribution is -2.31. The summed E-state index contributed by atoms with van der Waals surface area (Å²) in [7, 11) is 0. The second kappa shape index (κ2) is 9.80. The maximum absolute atomic E-state index is 11.7. The summed E-state index contributed by atoms with van der Waals surface area (Å²) in [5.41, 5.74) is 2.73. The van der Waals surface area contributed by atoms with Gasteiger partial charge >= 0.3 is 0 Å². The summed E-state index contributed by atoms with van der Waals surface area (Å²) < 4.78 is 0. The van der Waals surface area contributed by atoms with Crippen LogP contribution in [0, 0.1) is 0 Å². The summed E-state index contributed by atoms with van der Waals surface area (Å²) >= 11 is 0. The van der Waals surface area contributed by atoms with Crippen molar-refractivity contribution in [2.24, 2.45) is 0 Å². The molecule has 4 heteroatoms. The van der Waals surface area contributed by atoms with Crippen LogP contribution in [-0.2, 0) is 16.6 Å². The Hall–Kier alpha value is -1.06. The van der Waals surface area contributed by atoms with Gasteiger partial charge < -0.3 is 10.6 Å². The maximum atomic E-state index is 11.7. The Bertz CT molecular complexity index is 410. The van der Waals surface area contributed by atoms with Gasteiger partial charge in [-0.1, -0.05) is 52.0 Å². The molecule has 1 aromatic carbocycles. The predicted molar refractivity (Wildman–Crippen MR) is 92.3 cm³/mol. The van der Waals surface area contributed by atoms with Crippen molar-refractivity contribution >= 4 is 18.3 Å². The highest BCUT2D eigenvalue weighted by Gasteiger charge is 2.12. The number of amides is 1. The average molecular weight is 313 g/mol. The number of nitrogens with one attached hydrogen (secondary N) is 2. The fourth-order valence-corrected chi connectivity index (χ4v) is 1.98. The third kappa shape index (κ3) is 8.08. The third-order valence-electron chi connectivity index (χ3n) is 3.33. The fraction of sp³-hybridized carbons (Fsp3) is 0.588. The zero-order chi connectivity index (χ0) is 15.0. The van der Waals surface area contributed by atoms with Crippen molar-refractivity contribution in [2.75, 3.05) is 19.6 Å². The Morgan fingerprint density at radius 1 is 1.10 bits per heavy atom. The van der Waals surface area contributed by atoms with Gasteiger partial charge in [0.25, 0.3) is 0 Å². The van der Waals surface area contributed by atoms with Gasteiger partial charge in [-0.25, -0.2) is 0 Å². The normalized spacial score (nSPS) is 10.9. The van der Waals surface area contributed by atoms with Crippen molar-refractivity contribution in [1.82, 2.24) is 10.6 Å². The summed E-state index contributed by atoms with van der Waals surface area (Å²) in [5, 5.41) is 6.10. The molecule has 120 valence electrons. The van der Waals surface area contributed by atoms with Gasteiger partial charge in [0, 0.05) is 19.5 Å². The number of carbonyl (C=O) groups is 1. The van der Waals surface area contributed by atoms with E-state index in [1.54, 1.807) is 0 Å². The Morgan fingerprint density at radius 3 is 2.24 bits per heavy atom. The first-order chi connectivity index (χ1) is 9.43. The van der Waals surface area contributed by atoms with Gasteiger partial charge in [-0.3, -0.25) is 4.79 Å². The average Bonchev–Trinajstić information content (AvgIpc) is 2.41. The van der Waals surface area contributed by atoms with Crippen LogP contribution in [0.3, 0.4) is 0 Å². The van der Waals surface area contributed by atoms with Crippen LogP contribution in [-0.4, -0.2) is 25.5 Å². The van der Waals surface area contributed by atoms with Crippen LogP contribution in [0.2, 0.25) is 0 Å². The van der Waals surface area contributed by atoms with E-state index in [0.29, 0.717) is 13.0 Å². The van der Waals surface area contributed by atoms with Gasteiger partial charge in [-0.05, 0) is 29.5 Å². The van der Waals surface area contributed by atoms with E-state index in [9.17, 15) is 4.79 Å². The van der Waals surface area contributed by atoms with E-state index in [1.807, 2.05) is 0 Å². The first kappa shape index (κ1) is 19.9. The third-order valence-corrected chi connectivity index (χ3v) is 3.33. The fourth-order valence-electron chi connectivity index (χ4n) is 1.98. The second-order valence-corrected chi connectivity index (χ2v) is 6.15. The number of rotatable bonds is 7. The maximum Gasteiger partial charge on any atom is 0.220 e. The first-order valence-electron chi connectivity index (χ1n) is 7.50. The van der Waals surface area contributed by atoms with Crippen molar-refractivity contribution in [3.05, 3.63) is 35.4 Å². The molecule has 1 rings (SSSR count). The molecule has 0 spiro atoms. The van der Waals surface area contributed by atoms with Crippen LogP contribution >= 0.6 is 12.4 Å². The molecule has 1 aromatic rings. The van der Waals surface area contributed by atoms with E-state index < -0.39 is 0 Å². The summed E-state index contributed by atoms with van der Waals surface area (Å²) in [6, 6.07) is 8.59. The van der Waals surface area contributed by atoms with E-state index in [0.717, 1.165) is 19.5 Å². The molecule has 0 aliphatic carbocycles. The van der Waals surface area contributed by atoms with Crippen LogP contribution in [0.15, 0.2) is 24.3 Å². The molecule has 0 saturated heterocycles. The second-order valence-electron chi connectivity index (χ2n) is 6.15. The molecule has 0 aliphatic rings. The Labute approximate surface area is 135 Å². The monoisotopic (exact) mass is 312 g/mol. The largest absolute Gasteiger partial charge is 0.355 e. The smallest absolute Gasteiger partial charge is 0.220 e. The summed E-state index contributed by atoms with van der Waals surface area (Å²) in [5.74, 6) is 0.128. The Kier molecular flexibility index (Phi) is 9.31. The summed E-state index contributed by atoms with van der Waals surface area (Å²) in [6.07, 6.45) is 1.36. The molecule has 0 saturated carbocycles. The minimum absolute atomic E-state index is 0. The molecule has 0 radical (unpaired) electrons. The SMILES string of the molecule is CCNCCNC(=O)CCc1ccc(C(C)(C)C)cc1.Cl. The van der Waals surface area contributed by atoms with E-state index in [2.05, 4.69) is 62.6 Å². The number of carbonyl (C=O) groups excluding carboxylic acids is 1. The van der Waals surface area contributed by atoms with Crippen LogP contribution in [0.1, 0.15) is 45.2 Å². The van der Waals surface area contributed by atoms with Gasteiger partial charge in [-0.2, -0.15) is 0 Å². The molecule has 21 heavy (non-hydrogen) atoms. The van der Waals surface area contributed by atoms with Crippen LogP contribution in [0.4, 0.5) is 0 Å². The molecule has 3 nitrogen and oxygen atoms in total. The topological polar surface area (TPSA) is 41.1 Å². The van der Waals surface area contributed by atoms with Gasteiger partial charge in [0.2, 0.25) is 5.91 Å². The lowest BCUT2D eigenvalue weighted by Gasteiger charge is -2.19. The van der Waals surface area contributed by atoms with Gasteiger partial charge in [0.1, 0.15) is 0 Å². The van der Waals surface area contributed by atoms with Crippen molar-refractivity contribution in [2.45, 2.75) is 46.0 Å². The quantitative estimate of drug-likeness (QED) is 0.760. The minimum atomic E-state index is 0. The highest BCUT2D eigenvalue weighted by Crippen LogP contribution is 2.22. The van der Waals surface area contributed by atoms with Crippen molar-refractivity contribution in [3.8, 4) is 0 Å². The molecule has 0 fully saturated rings. The first-order valence-corrected chi connectivity index (χ1v) is 7.50. The lowest BCUT2D eigenvalue weighted by molar-refractivity contribution is -0.121. The minimum Gasteiger partial charge on any atom is -0.355 e. The Morgan fingerprint density at radius 2 is 1.71 bits per heavy atom. The van der Waals surface area contributed by atoms with Gasteiger partial charge in [0.15, 0.2) is 0 Å². The molecule has 0 atom stereocenters. The number of hydrogen-bond donors (Lipinski definition) is 2. The lowest BCUT2D eigenvalue weighted by atomic mass is 9.86. The summed E-state index contributed by atoms with van der Waals surface area (Å²) in [4.78, 5) is 11.7. The van der Waals surface area contributed by atoms with Crippen LogP contribution < -0.4 is 10.6 Å². The van der Waals surface area contributed by atoms with E-state index in [1.165, 1.54) is 11.1 Å². The van der Waals surface area contributed by atoms with Crippen LogP contribution in [0.5, 0.6) is 0 Å². The van der Waals surface area contributed by atoms with E-state index in [-0.39, 0.29) is 23.7 Å². The number of hydrogen-bond acceptors (Lipinski definition) is 2. The standard InChI is InChI=1S/C17H28N2O.ClH/c1-5-18-12-13-19-16(20)11-8-14-6-9-15(10-7-14)17(2,3)4;/h6-7,9-10,18H,5,8,11-13H2,1-4H3,(H,19,20);1H. The van der Waals surface area contributed by atoms with Crippen molar-refractivity contribution in [1.29, 1.82) is 0 Å². The molecule has 0 bridgehead atoms. The zero-order valence-electron chi connectivity index (χ0n) is 13.7. The van der Waals surface area contributed by atoms with Crippen molar-refractivity contribution < 1.29 is 4.79 Å². The molecule has 2 N–H and O–H groups in total. The van der Waals surface area contributed by atoms with Gasteiger partial charge in [0.05, 0.1) is 0 Å². The molecular formula is C17H29ClN2O. The highest BCUT2D eigenvalue weighted by atomic mass is 35.5. The summed E-state index contributed by atoms with van der Waals surface area (Å²) in [6.45, 7) is 11.2. The van der Waals surface area contributed by atoms with Crippen molar-refractivity contribution in [3.63, 3.8) is 0 Å². The molecule has 0 heterocycles. The van der Waals surface area contributed by atoms with E-state index >= 15 is 0 Å². The molecular weight excluding hydrogens is 284 g/mol. The number of halogens is 1. The van der Waals surface area contributed by atoms with Gasteiger partial charge in [-0.15, -0.1) is 12.4 Å². The van der Waals surface area contributed by atoms with E-state index in [4.69, 9.17) is 0 Å². The molecule has 0 aliphatic heterocycles. The molecule has 0 unspecified atom stereocenters. The molecule has 0 aromatic heterocycles. The highest BCUT2D eigenvalue weighted by molar-refractivity contribution is 5.85. The Balaban J connectivity index is 0.00000400.